The Morgan fingerprint density at radius 3 is 2.32 bits per heavy atom. The van der Waals surface area contributed by atoms with Crippen molar-refractivity contribution in [1.29, 1.82) is 0 Å². The van der Waals surface area contributed by atoms with E-state index in [1.807, 2.05) is 0 Å². The van der Waals surface area contributed by atoms with Crippen molar-refractivity contribution in [2.45, 2.75) is 18.9 Å². The zero-order chi connectivity index (χ0) is 15.7. The number of anilines is 1. The van der Waals surface area contributed by atoms with Crippen LogP contribution < -0.4 is 5.32 Å². The SMILES string of the molecule is COC(=O)c1ccc(NC(=O)N2CC3CC(O)CC3C2)cc1. The zero-order valence-electron chi connectivity index (χ0n) is 12.5. The number of nitrogens with zero attached hydrogens (tertiary/aromatic N) is 1. The van der Waals surface area contributed by atoms with E-state index in [0.29, 0.717) is 36.2 Å². The second-order valence-electron chi connectivity index (χ2n) is 6.05. The van der Waals surface area contributed by atoms with Crippen LogP contribution in [-0.4, -0.2) is 48.3 Å². The first-order chi connectivity index (χ1) is 10.6. The molecule has 0 radical (unpaired) electrons. The van der Waals surface area contributed by atoms with Crippen LogP contribution in [0.4, 0.5) is 10.5 Å². The molecule has 2 aliphatic rings. The summed E-state index contributed by atoms with van der Waals surface area (Å²) < 4.78 is 4.63. The van der Waals surface area contributed by atoms with Gasteiger partial charge >= 0.3 is 12.0 Å². The summed E-state index contributed by atoms with van der Waals surface area (Å²) in [6.45, 7) is 1.40. The van der Waals surface area contributed by atoms with Crippen LogP contribution in [0.25, 0.3) is 0 Å². The molecule has 118 valence electrons. The number of aliphatic hydroxyl groups excluding tert-OH is 1. The summed E-state index contributed by atoms with van der Waals surface area (Å²) in [5.74, 6) is 0.439. The number of methoxy groups -OCH3 is 1. The van der Waals surface area contributed by atoms with E-state index >= 15 is 0 Å². The third kappa shape index (κ3) is 2.92. The molecule has 2 fully saturated rings. The van der Waals surface area contributed by atoms with Crippen molar-refractivity contribution < 1.29 is 19.4 Å². The highest BCUT2D eigenvalue weighted by molar-refractivity contribution is 5.92. The van der Waals surface area contributed by atoms with Crippen molar-refractivity contribution in [1.82, 2.24) is 4.90 Å². The van der Waals surface area contributed by atoms with E-state index in [4.69, 9.17) is 0 Å². The van der Waals surface area contributed by atoms with E-state index < -0.39 is 5.97 Å². The Morgan fingerprint density at radius 2 is 1.77 bits per heavy atom. The van der Waals surface area contributed by atoms with Gasteiger partial charge in [0.1, 0.15) is 0 Å². The average molecular weight is 304 g/mol. The van der Waals surface area contributed by atoms with Gasteiger partial charge in [-0.2, -0.15) is 0 Å². The maximum atomic E-state index is 12.3. The second kappa shape index (κ2) is 5.96. The van der Waals surface area contributed by atoms with Gasteiger partial charge in [0.05, 0.1) is 18.8 Å². The number of likely N-dealkylation sites (tertiary alicyclic amines) is 1. The van der Waals surface area contributed by atoms with Crippen LogP contribution in [0.2, 0.25) is 0 Å². The van der Waals surface area contributed by atoms with Crippen LogP contribution >= 0.6 is 0 Å². The lowest BCUT2D eigenvalue weighted by Gasteiger charge is -2.19. The molecule has 2 atom stereocenters. The number of rotatable bonds is 2. The maximum absolute atomic E-state index is 12.3. The Balaban J connectivity index is 1.57. The predicted molar refractivity (Wildman–Crippen MR) is 80.6 cm³/mol. The molecule has 1 saturated carbocycles. The molecule has 2 N–H and O–H groups in total. The minimum Gasteiger partial charge on any atom is -0.465 e. The third-order valence-corrected chi connectivity index (χ3v) is 4.57. The van der Waals surface area contributed by atoms with Crippen LogP contribution in [0, 0.1) is 11.8 Å². The van der Waals surface area contributed by atoms with Gasteiger partial charge in [0.15, 0.2) is 0 Å². The normalized spacial score (nSPS) is 26.6. The lowest BCUT2D eigenvalue weighted by Crippen LogP contribution is -2.34. The fraction of sp³-hybridized carbons (Fsp3) is 0.500. The molecule has 0 aromatic heterocycles. The van der Waals surface area contributed by atoms with E-state index in [0.717, 1.165) is 12.8 Å². The van der Waals surface area contributed by atoms with E-state index in [1.54, 1.807) is 29.2 Å². The minimum atomic E-state index is -0.399. The van der Waals surface area contributed by atoms with Crippen molar-refractivity contribution in [3.8, 4) is 0 Å². The molecule has 2 unspecified atom stereocenters. The number of amides is 2. The minimum absolute atomic E-state index is 0.130. The molecule has 1 aromatic rings. The second-order valence-corrected chi connectivity index (χ2v) is 6.05. The molecule has 1 aromatic carbocycles. The quantitative estimate of drug-likeness (QED) is 0.815. The Bertz CT molecular complexity index is 558. The predicted octanol–water partition coefficient (Wildman–Crippen LogP) is 1.71. The molecule has 2 amide bonds. The van der Waals surface area contributed by atoms with Crippen molar-refractivity contribution in [3.63, 3.8) is 0 Å². The lowest BCUT2D eigenvalue weighted by molar-refractivity contribution is 0.0600. The van der Waals surface area contributed by atoms with Crippen molar-refractivity contribution in [2.24, 2.45) is 11.8 Å². The summed E-state index contributed by atoms with van der Waals surface area (Å²) >= 11 is 0. The molecular formula is C16H20N2O4. The molecule has 6 nitrogen and oxygen atoms in total. The van der Waals surface area contributed by atoms with Gasteiger partial charge in [0, 0.05) is 18.8 Å². The Labute approximate surface area is 129 Å². The summed E-state index contributed by atoms with van der Waals surface area (Å²) in [4.78, 5) is 25.4. The van der Waals surface area contributed by atoms with Gasteiger partial charge in [-0.3, -0.25) is 0 Å². The molecule has 1 aliphatic heterocycles. The fourth-order valence-corrected chi connectivity index (χ4v) is 3.44. The highest BCUT2D eigenvalue weighted by Crippen LogP contribution is 2.38. The highest BCUT2D eigenvalue weighted by Gasteiger charge is 2.41. The van der Waals surface area contributed by atoms with E-state index in [1.165, 1.54) is 7.11 Å². The van der Waals surface area contributed by atoms with Gasteiger partial charge in [-0.15, -0.1) is 0 Å². The van der Waals surface area contributed by atoms with Gasteiger partial charge < -0.3 is 20.1 Å². The molecule has 1 saturated heterocycles. The first kappa shape index (κ1) is 14.8. The largest absolute Gasteiger partial charge is 0.465 e. The van der Waals surface area contributed by atoms with E-state index in [9.17, 15) is 14.7 Å². The van der Waals surface area contributed by atoms with Crippen molar-refractivity contribution in [2.75, 3.05) is 25.5 Å². The zero-order valence-corrected chi connectivity index (χ0v) is 12.5. The number of carbonyl (C=O) groups is 2. The van der Waals surface area contributed by atoms with E-state index in [-0.39, 0.29) is 12.1 Å². The molecule has 0 bridgehead atoms. The van der Waals surface area contributed by atoms with Crippen molar-refractivity contribution >= 4 is 17.7 Å². The summed E-state index contributed by atoms with van der Waals surface area (Å²) in [5.41, 5.74) is 1.10. The molecule has 0 spiro atoms. The number of ether oxygens (including phenoxy) is 1. The third-order valence-electron chi connectivity index (χ3n) is 4.57. The summed E-state index contributed by atoms with van der Waals surface area (Å²) in [6, 6.07) is 6.48. The fourth-order valence-electron chi connectivity index (χ4n) is 3.44. The first-order valence-corrected chi connectivity index (χ1v) is 7.49. The summed E-state index contributed by atoms with van der Waals surface area (Å²) in [6.07, 6.45) is 1.39. The number of benzene rings is 1. The molecule has 1 heterocycles. The van der Waals surface area contributed by atoms with E-state index in [2.05, 4.69) is 10.1 Å². The van der Waals surface area contributed by atoms with Crippen LogP contribution in [-0.2, 0) is 4.74 Å². The standard InChI is InChI=1S/C16H20N2O4/c1-22-15(20)10-2-4-13(5-3-10)17-16(21)18-8-11-6-14(19)7-12(11)9-18/h2-5,11-12,14,19H,6-9H2,1H3,(H,17,21). The Hall–Kier alpha value is -2.08. The number of urea groups is 1. The number of fused-ring (bicyclic) bond motifs is 1. The number of carbonyl (C=O) groups excluding carboxylic acids is 2. The van der Waals surface area contributed by atoms with Crippen molar-refractivity contribution in [3.05, 3.63) is 29.8 Å². The summed E-state index contributed by atoms with van der Waals surface area (Å²) in [7, 11) is 1.33. The Kier molecular flexibility index (Phi) is 4.02. The van der Waals surface area contributed by atoms with Crippen LogP contribution in [0.3, 0.4) is 0 Å². The maximum Gasteiger partial charge on any atom is 0.337 e. The van der Waals surface area contributed by atoms with Gasteiger partial charge in [-0.05, 0) is 48.9 Å². The number of hydrogen-bond acceptors (Lipinski definition) is 4. The number of aliphatic hydroxyl groups is 1. The van der Waals surface area contributed by atoms with Gasteiger partial charge in [-0.25, -0.2) is 9.59 Å². The number of nitrogens with one attached hydrogen (secondary N) is 1. The van der Waals surface area contributed by atoms with Gasteiger partial charge in [-0.1, -0.05) is 0 Å². The smallest absolute Gasteiger partial charge is 0.337 e. The monoisotopic (exact) mass is 304 g/mol. The topological polar surface area (TPSA) is 78.9 Å². The average Bonchev–Trinajstić information content (AvgIpc) is 3.04. The molecule has 1 aliphatic carbocycles. The Morgan fingerprint density at radius 1 is 1.18 bits per heavy atom. The lowest BCUT2D eigenvalue weighted by atomic mass is 10.0. The molecule has 6 heteroatoms. The molecule has 3 rings (SSSR count). The summed E-state index contributed by atoms with van der Waals surface area (Å²) in [5, 5.41) is 12.5. The van der Waals surface area contributed by atoms with Gasteiger partial charge in [0.25, 0.3) is 0 Å². The van der Waals surface area contributed by atoms with Crippen LogP contribution in [0.5, 0.6) is 0 Å². The molecular weight excluding hydrogens is 284 g/mol. The molecule has 22 heavy (non-hydrogen) atoms. The number of esters is 1. The first-order valence-electron chi connectivity index (χ1n) is 7.49. The van der Waals surface area contributed by atoms with Crippen LogP contribution in [0.15, 0.2) is 24.3 Å². The number of hydrogen-bond donors (Lipinski definition) is 2. The van der Waals surface area contributed by atoms with Gasteiger partial charge in [0.2, 0.25) is 0 Å². The van der Waals surface area contributed by atoms with Crippen LogP contribution in [0.1, 0.15) is 23.2 Å². The highest BCUT2D eigenvalue weighted by atomic mass is 16.5.